The number of urea groups is 1. The van der Waals surface area contributed by atoms with Gasteiger partial charge in [-0.25, -0.2) is 14.3 Å². The van der Waals surface area contributed by atoms with Gasteiger partial charge in [-0.1, -0.05) is 30.3 Å². The molecule has 1 aliphatic heterocycles. The lowest BCUT2D eigenvalue weighted by atomic mass is 9.94. The summed E-state index contributed by atoms with van der Waals surface area (Å²) in [4.78, 5) is 24.9. The lowest BCUT2D eigenvalue weighted by molar-refractivity contribution is -0.136. The van der Waals surface area contributed by atoms with Crippen LogP contribution in [0.2, 0.25) is 0 Å². The van der Waals surface area contributed by atoms with Crippen molar-refractivity contribution >= 4 is 12.0 Å². The number of carbonyl (C=O) groups is 2. The Hall–Kier alpha value is -4.27. The van der Waals surface area contributed by atoms with Crippen molar-refractivity contribution < 1.29 is 23.8 Å². The molecule has 33 heavy (non-hydrogen) atoms. The van der Waals surface area contributed by atoms with Crippen LogP contribution in [0.3, 0.4) is 0 Å². The Morgan fingerprint density at radius 1 is 1.03 bits per heavy atom. The van der Waals surface area contributed by atoms with Gasteiger partial charge in [0.1, 0.15) is 0 Å². The van der Waals surface area contributed by atoms with Crippen molar-refractivity contribution in [1.82, 2.24) is 20.4 Å². The summed E-state index contributed by atoms with van der Waals surface area (Å²) in [5, 5.41) is 10.3. The van der Waals surface area contributed by atoms with Crippen molar-refractivity contribution in [2.45, 2.75) is 13.0 Å². The fourth-order valence-corrected chi connectivity index (χ4v) is 3.83. The van der Waals surface area contributed by atoms with Gasteiger partial charge < -0.3 is 24.8 Å². The first-order valence-electron chi connectivity index (χ1n) is 10.2. The van der Waals surface area contributed by atoms with Gasteiger partial charge in [0.25, 0.3) is 0 Å². The van der Waals surface area contributed by atoms with Crippen molar-refractivity contribution in [3.8, 4) is 28.4 Å². The Bertz CT molecular complexity index is 1230. The topological polar surface area (TPSA) is 104 Å². The van der Waals surface area contributed by atoms with Crippen LogP contribution >= 0.6 is 0 Å². The Morgan fingerprint density at radius 3 is 2.42 bits per heavy atom. The number of hydrogen-bond acceptors (Lipinski definition) is 6. The molecule has 1 aromatic heterocycles. The molecule has 0 bridgehead atoms. The predicted octanol–water partition coefficient (Wildman–Crippen LogP) is 3.36. The summed E-state index contributed by atoms with van der Waals surface area (Å²) in [5.41, 5.74) is 3.55. The maximum Gasteiger partial charge on any atom is 0.337 e. The second-order valence-electron chi connectivity index (χ2n) is 7.34. The molecule has 3 aromatic rings. The average Bonchev–Trinajstić information content (AvgIpc) is 3.28. The van der Waals surface area contributed by atoms with Crippen LogP contribution in [-0.2, 0) is 9.53 Å². The monoisotopic (exact) mass is 448 g/mol. The molecule has 0 saturated heterocycles. The molecule has 0 fully saturated rings. The van der Waals surface area contributed by atoms with Gasteiger partial charge >= 0.3 is 12.0 Å². The molecular weight excluding hydrogens is 424 g/mol. The Kier molecular flexibility index (Phi) is 6.03. The minimum atomic E-state index is -0.754. The second-order valence-corrected chi connectivity index (χ2v) is 7.34. The molecule has 0 saturated carbocycles. The number of benzene rings is 2. The van der Waals surface area contributed by atoms with Crippen LogP contribution in [-0.4, -0.2) is 43.1 Å². The zero-order valence-corrected chi connectivity index (χ0v) is 18.7. The molecule has 1 atom stereocenters. The highest BCUT2D eigenvalue weighted by Crippen LogP contribution is 2.36. The van der Waals surface area contributed by atoms with Gasteiger partial charge in [-0.05, 0) is 19.1 Å². The summed E-state index contributed by atoms with van der Waals surface area (Å²) < 4.78 is 17.4. The number of hydrogen-bond donors (Lipinski definition) is 2. The maximum absolute atomic E-state index is 12.6. The molecule has 0 spiro atoms. The van der Waals surface area contributed by atoms with Crippen molar-refractivity contribution in [2.75, 3.05) is 21.3 Å². The van der Waals surface area contributed by atoms with Gasteiger partial charge in [0.05, 0.1) is 44.3 Å². The number of nitrogens with one attached hydrogen (secondary N) is 2. The van der Waals surface area contributed by atoms with E-state index in [9.17, 15) is 9.59 Å². The van der Waals surface area contributed by atoms with E-state index in [1.165, 1.54) is 7.11 Å². The molecule has 2 N–H and O–H groups in total. The molecule has 0 unspecified atom stereocenters. The molecule has 0 aliphatic carbocycles. The van der Waals surface area contributed by atoms with E-state index in [2.05, 4.69) is 10.6 Å². The van der Waals surface area contributed by atoms with Gasteiger partial charge in [0.2, 0.25) is 0 Å². The third-order valence-corrected chi connectivity index (χ3v) is 5.41. The third kappa shape index (κ3) is 4.12. The zero-order chi connectivity index (χ0) is 23.5. The number of ether oxygens (including phenoxy) is 3. The van der Waals surface area contributed by atoms with E-state index in [1.807, 2.05) is 36.4 Å². The highest BCUT2D eigenvalue weighted by molar-refractivity contribution is 5.95. The largest absolute Gasteiger partial charge is 0.493 e. The number of esters is 1. The molecule has 9 heteroatoms. The molecule has 4 rings (SSSR count). The van der Waals surface area contributed by atoms with Crippen molar-refractivity contribution in [2.24, 2.45) is 0 Å². The van der Waals surface area contributed by atoms with E-state index in [4.69, 9.17) is 19.3 Å². The number of nitrogens with zero attached hydrogens (tertiary/aromatic N) is 2. The molecule has 2 amide bonds. The minimum absolute atomic E-state index is 0.307. The van der Waals surface area contributed by atoms with Crippen molar-refractivity contribution in [3.05, 3.63) is 71.6 Å². The van der Waals surface area contributed by atoms with Crippen LogP contribution in [0.15, 0.2) is 66.0 Å². The van der Waals surface area contributed by atoms with E-state index >= 15 is 0 Å². The molecule has 2 aromatic carbocycles. The van der Waals surface area contributed by atoms with Crippen LogP contribution in [0.5, 0.6) is 11.5 Å². The molecular formula is C24H24N4O5. The molecule has 1 aliphatic rings. The number of aromatic nitrogens is 2. The van der Waals surface area contributed by atoms with Gasteiger partial charge in [0.15, 0.2) is 11.5 Å². The van der Waals surface area contributed by atoms with Crippen molar-refractivity contribution in [1.29, 1.82) is 0 Å². The first kappa shape index (κ1) is 21.9. The Balaban J connectivity index is 1.91. The number of rotatable bonds is 6. The van der Waals surface area contributed by atoms with Crippen molar-refractivity contribution in [3.63, 3.8) is 0 Å². The summed E-state index contributed by atoms with van der Waals surface area (Å²) in [5.74, 6) is 0.603. The number of methoxy groups -OCH3 is 3. The number of allylic oxidation sites excluding steroid dienone is 1. The van der Waals surface area contributed by atoms with E-state index in [1.54, 1.807) is 44.2 Å². The number of amides is 2. The normalized spacial score (nSPS) is 15.5. The average molecular weight is 448 g/mol. The van der Waals surface area contributed by atoms with Crippen LogP contribution in [0, 0.1) is 0 Å². The van der Waals surface area contributed by atoms with E-state index in [0.29, 0.717) is 34.0 Å². The zero-order valence-electron chi connectivity index (χ0n) is 18.7. The van der Waals surface area contributed by atoms with Gasteiger partial charge in [-0.15, -0.1) is 0 Å². The molecule has 9 nitrogen and oxygen atoms in total. The summed E-state index contributed by atoms with van der Waals surface area (Å²) in [6.07, 6.45) is 1.79. The fraction of sp³-hybridized carbons (Fsp3) is 0.208. The minimum Gasteiger partial charge on any atom is -0.493 e. The summed E-state index contributed by atoms with van der Waals surface area (Å²) >= 11 is 0. The predicted molar refractivity (Wildman–Crippen MR) is 121 cm³/mol. The molecule has 0 radical (unpaired) electrons. The first-order chi connectivity index (χ1) is 16.0. The second kappa shape index (κ2) is 9.07. The lowest BCUT2D eigenvalue weighted by Crippen LogP contribution is -2.45. The third-order valence-electron chi connectivity index (χ3n) is 5.41. The highest BCUT2D eigenvalue weighted by Gasteiger charge is 2.35. The van der Waals surface area contributed by atoms with Crippen LogP contribution < -0.4 is 20.1 Å². The molecule has 2 heterocycles. The Morgan fingerprint density at radius 2 is 1.76 bits per heavy atom. The van der Waals surface area contributed by atoms with Crippen LogP contribution in [0.4, 0.5) is 4.79 Å². The summed E-state index contributed by atoms with van der Waals surface area (Å²) in [6, 6.07) is 13.8. The fourth-order valence-electron chi connectivity index (χ4n) is 3.83. The van der Waals surface area contributed by atoms with Crippen LogP contribution in [0.25, 0.3) is 16.9 Å². The summed E-state index contributed by atoms with van der Waals surface area (Å²) in [6.45, 7) is 1.67. The quantitative estimate of drug-likeness (QED) is 0.561. The van der Waals surface area contributed by atoms with E-state index in [-0.39, 0.29) is 0 Å². The Labute approximate surface area is 191 Å². The number of carbonyl (C=O) groups excluding carboxylic acids is 2. The van der Waals surface area contributed by atoms with Crippen LogP contribution in [0.1, 0.15) is 18.5 Å². The lowest BCUT2D eigenvalue weighted by Gasteiger charge is -2.27. The standard InChI is InChI=1S/C24H24N4O5/c1-14-20(23(29)33-4)22(26-24(30)25-14)17-13-28(27-21(17)15-8-6-5-7-9-15)16-10-11-18(31-2)19(12-16)32-3/h5-13,22H,1-4H3,(H2,25,26,30)/t22-/m0/s1. The van der Waals surface area contributed by atoms with Gasteiger partial charge in [0, 0.05) is 29.1 Å². The van der Waals surface area contributed by atoms with Gasteiger partial charge in [-0.2, -0.15) is 5.10 Å². The molecule has 170 valence electrons. The smallest absolute Gasteiger partial charge is 0.337 e. The SMILES string of the molecule is COC(=O)C1=C(C)NC(=O)N[C@H]1c1cn(-c2ccc(OC)c(OC)c2)nc1-c1ccccc1. The first-order valence-corrected chi connectivity index (χ1v) is 10.2. The van der Waals surface area contributed by atoms with E-state index in [0.717, 1.165) is 11.3 Å². The van der Waals surface area contributed by atoms with E-state index < -0.39 is 18.0 Å². The highest BCUT2D eigenvalue weighted by atomic mass is 16.5. The van der Waals surface area contributed by atoms with Gasteiger partial charge in [-0.3, -0.25) is 0 Å². The maximum atomic E-state index is 12.6. The summed E-state index contributed by atoms with van der Waals surface area (Å²) in [7, 11) is 4.44.